The Balaban J connectivity index is 1.65. The Kier molecular flexibility index (Phi) is 3.63. The van der Waals surface area contributed by atoms with Crippen LogP contribution in [-0.4, -0.2) is 18.0 Å². The third-order valence-corrected chi connectivity index (χ3v) is 5.09. The number of fused-ring (bicyclic) bond motifs is 2. The van der Waals surface area contributed by atoms with Crippen LogP contribution in [0.5, 0.6) is 0 Å². The number of hydrogen-bond acceptors (Lipinski definition) is 2. The summed E-state index contributed by atoms with van der Waals surface area (Å²) in [5, 5.41) is 6.67. The second kappa shape index (κ2) is 5.25. The van der Waals surface area contributed by atoms with Gasteiger partial charge in [0.1, 0.15) is 0 Å². The molecule has 3 unspecified atom stereocenters. The molecule has 1 aromatic carbocycles. The first-order valence-corrected chi connectivity index (χ1v) is 7.75. The van der Waals surface area contributed by atoms with Gasteiger partial charge in [-0.3, -0.25) is 4.79 Å². The molecule has 2 bridgehead atoms. The van der Waals surface area contributed by atoms with E-state index in [0.717, 1.165) is 22.9 Å². The summed E-state index contributed by atoms with van der Waals surface area (Å²) in [7, 11) is 0. The molecule has 3 rings (SSSR count). The summed E-state index contributed by atoms with van der Waals surface area (Å²) < 4.78 is 1.05. The second-order valence-electron chi connectivity index (χ2n) is 5.64. The molecule has 0 radical (unpaired) electrons. The highest BCUT2D eigenvalue weighted by atomic mass is 79.9. The maximum Gasteiger partial charge on any atom is 0.225 e. The van der Waals surface area contributed by atoms with Crippen LogP contribution < -0.4 is 10.6 Å². The van der Waals surface area contributed by atoms with Crippen LogP contribution in [-0.2, 0) is 4.79 Å². The first-order chi connectivity index (χ1) is 9.15. The van der Waals surface area contributed by atoms with Crippen molar-refractivity contribution in [3.05, 3.63) is 34.3 Å². The van der Waals surface area contributed by atoms with Gasteiger partial charge in [-0.15, -0.1) is 0 Å². The molecule has 1 amide bonds. The maximum absolute atomic E-state index is 12.4. The Morgan fingerprint density at radius 2 is 2.21 bits per heavy atom. The standard InChI is InChI=1S/C15H19BrN2O/c1-9(11-4-2-3-5-13(11)16)17-15(19)12-8-10-6-7-14(12)18-10/h2-5,9-10,12,14,18H,6-8H2,1H3,(H,17,19)/t9-,10?,12?,14?/m1/s1. The largest absolute Gasteiger partial charge is 0.349 e. The summed E-state index contributed by atoms with van der Waals surface area (Å²) in [5.41, 5.74) is 1.13. The van der Waals surface area contributed by atoms with E-state index in [4.69, 9.17) is 0 Å². The fourth-order valence-electron chi connectivity index (χ4n) is 3.34. The molecule has 0 aromatic heterocycles. The minimum atomic E-state index is 0.0437. The molecule has 4 atom stereocenters. The minimum absolute atomic E-state index is 0.0437. The van der Waals surface area contributed by atoms with Gasteiger partial charge in [-0.25, -0.2) is 0 Å². The van der Waals surface area contributed by atoms with E-state index in [1.165, 1.54) is 6.42 Å². The van der Waals surface area contributed by atoms with Crippen molar-refractivity contribution in [1.29, 1.82) is 0 Å². The molecule has 0 spiro atoms. The lowest BCUT2D eigenvalue weighted by atomic mass is 9.88. The highest BCUT2D eigenvalue weighted by Crippen LogP contribution is 2.34. The highest BCUT2D eigenvalue weighted by molar-refractivity contribution is 9.10. The van der Waals surface area contributed by atoms with Crippen LogP contribution in [0.15, 0.2) is 28.7 Å². The van der Waals surface area contributed by atoms with Gasteiger partial charge >= 0.3 is 0 Å². The number of carbonyl (C=O) groups is 1. The van der Waals surface area contributed by atoms with Crippen LogP contribution >= 0.6 is 15.9 Å². The van der Waals surface area contributed by atoms with Crippen LogP contribution in [0.3, 0.4) is 0 Å². The summed E-state index contributed by atoms with van der Waals surface area (Å²) in [6.07, 6.45) is 3.37. The van der Waals surface area contributed by atoms with Gasteiger partial charge in [0.25, 0.3) is 0 Å². The summed E-state index contributed by atoms with van der Waals surface area (Å²) in [6, 6.07) is 9.06. The van der Waals surface area contributed by atoms with Crippen LogP contribution in [0.25, 0.3) is 0 Å². The third kappa shape index (κ3) is 2.56. The molecule has 2 aliphatic heterocycles. The zero-order valence-corrected chi connectivity index (χ0v) is 12.6. The van der Waals surface area contributed by atoms with Crippen molar-refractivity contribution in [1.82, 2.24) is 10.6 Å². The fraction of sp³-hybridized carbons (Fsp3) is 0.533. The molecule has 2 N–H and O–H groups in total. The SMILES string of the molecule is C[C@@H](NC(=O)C1CC2CCC1N2)c1ccccc1Br. The van der Waals surface area contributed by atoms with Crippen molar-refractivity contribution in [2.75, 3.05) is 0 Å². The number of hydrogen-bond donors (Lipinski definition) is 2. The van der Waals surface area contributed by atoms with Crippen molar-refractivity contribution < 1.29 is 4.79 Å². The molecule has 19 heavy (non-hydrogen) atoms. The minimum Gasteiger partial charge on any atom is -0.349 e. The summed E-state index contributed by atoms with van der Waals surface area (Å²) in [4.78, 5) is 12.4. The van der Waals surface area contributed by atoms with E-state index in [9.17, 15) is 4.79 Å². The molecular weight excluding hydrogens is 304 g/mol. The Morgan fingerprint density at radius 3 is 2.84 bits per heavy atom. The topological polar surface area (TPSA) is 41.1 Å². The number of rotatable bonds is 3. The third-order valence-electron chi connectivity index (χ3n) is 4.37. The van der Waals surface area contributed by atoms with Gasteiger partial charge in [0, 0.05) is 16.6 Å². The van der Waals surface area contributed by atoms with E-state index in [1.54, 1.807) is 0 Å². The molecule has 4 heteroatoms. The lowest BCUT2D eigenvalue weighted by Crippen LogP contribution is -2.38. The van der Waals surface area contributed by atoms with E-state index in [1.807, 2.05) is 31.2 Å². The van der Waals surface area contributed by atoms with Gasteiger partial charge in [-0.05, 0) is 37.8 Å². The van der Waals surface area contributed by atoms with Crippen molar-refractivity contribution in [3.8, 4) is 0 Å². The van der Waals surface area contributed by atoms with Crippen LogP contribution in [0.1, 0.15) is 37.8 Å². The predicted molar refractivity (Wildman–Crippen MR) is 78.8 cm³/mol. The highest BCUT2D eigenvalue weighted by Gasteiger charge is 2.42. The van der Waals surface area contributed by atoms with E-state index < -0.39 is 0 Å². The molecule has 1 aromatic rings. The smallest absolute Gasteiger partial charge is 0.225 e. The van der Waals surface area contributed by atoms with E-state index in [0.29, 0.717) is 12.1 Å². The van der Waals surface area contributed by atoms with Crippen LogP contribution in [0.2, 0.25) is 0 Å². The molecule has 0 saturated carbocycles. The van der Waals surface area contributed by atoms with Crippen molar-refractivity contribution in [2.45, 2.75) is 44.3 Å². The number of amides is 1. The molecule has 2 aliphatic rings. The monoisotopic (exact) mass is 322 g/mol. The summed E-state index contributed by atoms with van der Waals surface area (Å²) >= 11 is 3.54. The van der Waals surface area contributed by atoms with Gasteiger partial charge in [0.05, 0.1) is 12.0 Å². The predicted octanol–water partition coefficient (Wildman–Crippen LogP) is 2.77. The first kappa shape index (κ1) is 13.1. The average molecular weight is 323 g/mol. The van der Waals surface area contributed by atoms with Crippen molar-refractivity contribution in [3.63, 3.8) is 0 Å². The van der Waals surface area contributed by atoms with E-state index >= 15 is 0 Å². The maximum atomic E-state index is 12.4. The van der Waals surface area contributed by atoms with Crippen LogP contribution in [0.4, 0.5) is 0 Å². The zero-order chi connectivity index (χ0) is 13.4. The molecule has 0 aliphatic carbocycles. The molecular formula is C15H19BrN2O. The van der Waals surface area contributed by atoms with Crippen LogP contribution in [0, 0.1) is 5.92 Å². The summed E-state index contributed by atoms with van der Waals surface area (Å²) in [5.74, 6) is 0.353. The molecule has 102 valence electrons. The van der Waals surface area contributed by atoms with Crippen molar-refractivity contribution >= 4 is 21.8 Å². The Morgan fingerprint density at radius 1 is 1.42 bits per heavy atom. The van der Waals surface area contributed by atoms with Crippen molar-refractivity contribution in [2.24, 2.45) is 5.92 Å². The number of carbonyl (C=O) groups excluding carboxylic acids is 1. The Bertz CT molecular complexity index is 491. The van der Waals surface area contributed by atoms with Gasteiger partial charge in [0.15, 0.2) is 0 Å². The van der Waals surface area contributed by atoms with E-state index in [2.05, 4.69) is 26.6 Å². The lowest BCUT2D eigenvalue weighted by molar-refractivity contribution is -0.126. The Labute approximate surface area is 122 Å². The number of benzene rings is 1. The average Bonchev–Trinajstić information content (AvgIpc) is 3.01. The first-order valence-electron chi connectivity index (χ1n) is 6.96. The molecule has 3 nitrogen and oxygen atoms in total. The molecule has 2 heterocycles. The number of nitrogens with one attached hydrogen (secondary N) is 2. The Hall–Kier alpha value is -0.870. The molecule has 2 fully saturated rings. The normalized spacial score (nSPS) is 30.3. The van der Waals surface area contributed by atoms with Gasteiger partial charge < -0.3 is 10.6 Å². The van der Waals surface area contributed by atoms with Gasteiger partial charge in [-0.1, -0.05) is 34.1 Å². The lowest BCUT2D eigenvalue weighted by Gasteiger charge is -2.23. The quantitative estimate of drug-likeness (QED) is 0.898. The number of halogens is 1. The van der Waals surface area contributed by atoms with Gasteiger partial charge in [0.2, 0.25) is 5.91 Å². The zero-order valence-electron chi connectivity index (χ0n) is 11.0. The van der Waals surface area contributed by atoms with E-state index in [-0.39, 0.29) is 17.9 Å². The fourth-order valence-corrected chi connectivity index (χ4v) is 3.97. The van der Waals surface area contributed by atoms with Gasteiger partial charge in [-0.2, -0.15) is 0 Å². The summed E-state index contributed by atoms with van der Waals surface area (Å²) in [6.45, 7) is 2.04. The molecule has 2 saturated heterocycles. The second-order valence-corrected chi connectivity index (χ2v) is 6.50.